The van der Waals surface area contributed by atoms with Crippen molar-refractivity contribution >= 4 is 11.8 Å². The topological polar surface area (TPSA) is 53.4 Å². The summed E-state index contributed by atoms with van der Waals surface area (Å²) in [7, 11) is 1.51. The molecule has 0 atom stereocenters. The Morgan fingerprint density at radius 1 is 1.38 bits per heavy atom. The Morgan fingerprint density at radius 2 is 1.85 bits per heavy atom. The average Bonchev–Trinajstić information content (AvgIpc) is 2.01. The SMILES string of the molecule is Cc1cc(N(C)C(=O)O)cc(C)n1. The van der Waals surface area contributed by atoms with Gasteiger partial charge in [-0.05, 0) is 26.0 Å². The fourth-order valence-electron chi connectivity index (χ4n) is 1.12. The third-order valence-electron chi connectivity index (χ3n) is 1.74. The summed E-state index contributed by atoms with van der Waals surface area (Å²) in [5.74, 6) is 0. The van der Waals surface area contributed by atoms with Crippen molar-refractivity contribution in [3.8, 4) is 0 Å². The molecule has 0 aliphatic heterocycles. The van der Waals surface area contributed by atoms with Crippen LogP contribution in [0, 0.1) is 13.8 Å². The molecule has 0 saturated carbocycles. The molecule has 13 heavy (non-hydrogen) atoms. The van der Waals surface area contributed by atoms with Gasteiger partial charge < -0.3 is 5.11 Å². The monoisotopic (exact) mass is 180 g/mol. The van der Waals surface area contributed by atoms with E-state index in [1.165, 1.54) is 11.9 Å². The number of aromatic nitrogens is 1. The molecule has 0 unspecified atom stereocenters. The smallest absolute Gasteiger partial charge is 0.411 e. The molecule has 0 aromatic carbocycles. The predicted octanol–water partition coefficient (Wildman–Crippen LogP) is 1.81. The van der Waals surface area contributed by atoms with Crippen LogP contribution in [-0.2, 0) is 0 Å². The quantitative estimate of drug-likeness (QED) is 0.717. The summed E-state index contributed by atoms with van der Waals surface area (Å²) in [5, 5.41) is 8.72. The van der Waals surface area contributed by atoms with Gasteiger partial charge in [0.2, 0.25) is 0 Å². The third-order valence-corrected chi connectivity index (χ3v) is 1.74. The summed E-state index contributed by atoms with van der Waals surface area (Å²) in [6.45, 7) is 3.68. The van der Waals surface area contributed by atoms with E-state index in [-0.39, 0.29) is 0 Å². The van der Waals surface area contributed by atoms with E-state index in [0.29, 0.717) is 5.69 Å². The average molecular weight is 180 g/mol. The third kappa shape index (κ3) is 2.18. The number of nitrogens with zero attached hydrogens (tertiary/aromatic N) is 2. The molecule has 1 rings (SSSR count). The highest BCUT2D eigenvalue weighted by molar-refractivity contribution is 5.85. The molecule has 0 spiro atoms. The van der Waals surface area contributed by atoms with Crippen LogP contribution in [0.15, 0.2) is 12.1 Å². The lowest BCUT2D eigenvalue weighted by molar-refractivity contribution is 0.203. The molecule has 1 aromatic rings. The van der Waals surface area contributed by atoms with E-state index < -0.39 is 6.09 Å². The van der Waals surface area contributed by atoms with Gasteiger partial charge in [-0.1, -0.05) is 0 Å². The fourth-order valence-corrected chi connectivity index (χ4v) is 1.12. The van der Waals surface area contributed by atoms with Crippen molar-refractivity contribution in [2.75, 3.05) is 11.9 Å². The van der Waals surface area contributed by atoms with Crippen LogP contribution in [0.3, 0.4) is 0 Å². The lowest BCUT2D eigenvalue weighted by atomic mass is 10.2. The number of aryl methyl sites for hydroxylation is 2. The summed E-state index contributed by atoms with van der Waals surface area (Å²) < 4.78 is 0. The second-order valence-electron chi connectivity index (χ2n) is 2.95. The summed E-state index contributed by atoms with van der Waals surface area (Å²) >= 11 is 0. The van der Waals surface area contributed by atoms with Crippen LogP contribution in [0.2, 0.25) is 0 Å². The first kappa shape index (κ1) is 9.51. The van der Waals surface area contributed by atoms with Gasteiger partial charge in [0.1, 0.15) is 0 Å². The Morgan fingerprint density at radius 3 is 2.23 bits per heavy atom. The van der Waals surface area contributed by atoms with Crippen LogP contribution in [-0.4, -0.2) is 23.2 Å². The van der Waals surface area contributed by atoms with Crippen molar-refractivity contribution in [2.24, 2.45) is 0 Å². The van der Waals surface area contributed by atoms with Crippen LogP contribution in [0.1, 0.15) is 11.4 Å². The maximum absolute atomic E-state index is 10.6. The van der Waals surface area contributed by atoms with Crippen LogP contribution in [0.5, 0.6) is 0 Å². The minimum absolute atomic E-state index is 0.650. The molecule has 0 saturated heterocycles. The predicted molar refractivity (Wildman–Crippen MR) is 50.1 cm³/mol. The molecule has 0 aliphatic carbocycles. The first-order chi connectivity index (χ1) is 6.00. The summed E-state index contributed by atoms with van der Waals surface area (Å²) in [4.78, 5) is 16.0. The number of rotatable bonds is 1. The number of carbonyl (C=O) groups is 1. The highest BCUT2D eigenvalue weighted by Crippen LogP contribution is 2.14. The Labute approximate surface area is 76.8 Å². The van der Waals surface area contributed by atoms with Crippen LogP contribution in [0.25, 0.3) is 0 Å². The van der Waals surface area contributed by atoms with E-state index in [0.717, 1.165) is 11.4 Å². The highest BCUT2D eigenvalue weighted by Gasteiger charge is 2.08. The van der Waals surface area contributed by atoms with Crippen molar-refractivity contribution in [3.05, 3.63) is 23.5 Å². The molecule has 1 amide bonds. The van der Waals surface area contributed by atoms with Gasteiger partial charge >= 0.3 is 6.09 Å². The Hall–Kier alpha value is -1.58. The van der Waals surface area contributed by atoms with E-state index in [1.54, 1.807) is 12.1 Å². The lowest BCUT2D eigenvalue weighted by Crippen LogP contribution is -2.24. The van der Waals surface area contributed by atoms with Crippen molar-refractivity contribution in [1.82, 2.24) is 4.98 Å². The fraction of sp³-hybridized carbons (Fsp3) is 0.333. The zero-order valence-electron chi connectivity index (χ0n) is 7.90. The first-order valence-electron chi connectivity index (χ1n) is 3.92. The second kappa shape index (κ2) is 3.43. The van der Waals surface area contributed by atoms with Gasteiger partial charge in [-0.15, -0.1) is 0 Å². The molecule has 0 radical (unpaired) electrons. The summed E-state index contributed by atoms with van der Waals surface area (Å²) in [5.41, 5.74) is 2.30. The van der Waals surface area contributed by atoms with E-state index in [9.17, 15) is 4.79 Å². The number of anilines is 1. The summed E-state index contributed by atoms with van der Waals surface area (Å²) in [6, 6.07) is 3.47. The minimum atomic E-state index is -0.968. The molecule has 70 valence electrons. The largest absolute Gasteiger partial charge is 0.465 e. The van der Waals surface area contributed by atoms with E-state index in [2.05, 4.69) is 4.98 Å². The maximum atomic E-state index is 10.6. The normalized spacial score (nSPS) is 9.77. The molecule has 1 N–H and O–H groups in total. The Bertz CT molecular complexity index is 316. The van der Waals surface area contributed by atoms with Gasteiger partial charge in [0.25, 0.3) is 0 Å². The first-order valence-corrected chi connectivity index (χ1v) is 3.92. The van der Waals surface area contributed by atoms with Crippen molar-refractivity contribution in [3.63, 3.8) is 0 Å². The summed E-state index contributed by atoms with van der Waals surface area (Å²) in [6.07, 6.45) is -0.968. The molecule has 0 aliphatic rings. The second-order valence-corrected chi connectivity index (χ2v) is 2.95. The van der Waals surface area contributed by atoms with Crippen molar-refractivity contribution in [2.45, 2.75) is 13.8 Å². The number of hydrogen-bond acceptors (Lipinski definition) is 2. The molecular formula is C9H12N2O2. The Balaban J connectivity index is 3.07. The number of pyridine rings is 1. The van der Waals surface area contributed by atoms with Crippen molar-refractivity contribution < 1.29 is 9.90 Å². The zero-order chi connectivity index (χ0) is 10.0. The van der Waals surface area contributed by atoms with Gasteiger partial charge in [0, 0.05) is 18.4 Å². The molecule has 1 aromatic heterocycles. The minimum Gasteiger partial charge on any atom is -0.465 e. The lowest BCUT2D eigenvalue weighted by Gasteiger charge is -2.13. The van der Waals surface area contributed by atoms with Gasteiger partial charge in [0.15, 0.2) is 0 Å². The molecule has 4 nitrogen and oxygen atoms in total. The van der Waals surface area contributed by atoms with Gasteiger partial charge in [-0.2, -0.15) is 0 Å². The number of amides is 1. The zero-order valence-corrected chi connectivity index (χ0v) is 7.90. The number of hydrogen-bond donors (Lipinski definition) is 1. The van der Waals surface area contributed by atoms with Gasteiger partial charge in [-0.3, -0.25) is 9.88 Å². The van der Waals surface area contributed by atoms with Crippen LogP contribution in [0.4, 0.5) is 10.5 Å². The molecule has 0 fully saturated rings. The van der Waals surface area contributed by atoms with Gasteiger partial charge in [-0.25, -0.2) is 4.79 Å². The standard InChI is InChI=1S/C9H12N2O2/c1-6-4-8(5-7(2)10-6)11(3)9(12)13/h4-5H,1-3H3,(H,12,13). The van der Waals surface area contributed by atoms with E-state index in [4.69, 9.17) is 5.11 Å². The highest BCUT2D eigenvalue weighted by atomic mass is 16.4. The number of carboxylic acid groups (broad SMARTS) is 1. The molecule has 4 heteroatoms. The maximum Gasteiger partial charge on any atom is 0.411 e. The van der Waals surface area contributed by atoms with Gasteiger partial charge in [0.05, 0.1) is 5.69 Å². The van der Waals surface area contributed by atoms with E-state index >= 15 is 0 Å². The van der Waals surface area contributed by atoms with E-state index in [1.807, 2.05) is 13.8 Å². The molecule has 0 bridgehead atoms. The van der Waals surface area contributed by atoms with Crippen molar-refractivity contribution in [1.29, 1.82) is 0 Å². The molecule has 1 heterocycles. The van der Waals surface area contributed by atoms with Crippen LogP contribution >= 0.6 is 0 Å². The Kier molecular flexibility index (Phi) is 2.51. The molecular weight excluding hydrogens is 168 g/mol. The van der Waals surface area contributed by atoms with Crippen LogP contribution < -0.4 is 4.90 Å².